The van der Waals surface area contributed by atoms with Gasteiger partial charge in [-0.25, -0.2) is 0 Å². The molecular weight excluding hydrogens is 486 g/mol. The van der Waals surface area contributed by atoms with E-state index in [1.54, 1.807) is 66.7 Å². The molecule has 0 aromatic heterocycles. The van der Waals surface area contributed by atoms with E-state index in [-0.39, 0.29) is 36.8 Å². The summed E-state index contributed by atoms with van der Waals surface area (Å²) in [4.78, 5) is 52.7. The Balaban J connectivity index is 1.25. The predicted octanol–water partition coefficient (Wildman–Crippen LogP) is 3.38. The number of fused-ring (bicyclic) bond motifs is 2. The average Bonchev–Trinajstić information content (AvgIpc) is 3.11. The Morgan fingerprint density at radius 1 is 0.944 bits per heavy atom. The zero-order valence-electron chi connectivity index (χ0n) is 18.9. The van der Waals surface area contributed by atoms with Gasteiger partial charge in [0.2, 0.25) is 5.91 Å². The van der Waals surface area contributed by atoms with Crippen LogP contribution < -0.4 is 19.7 Å². The number of nitrogens with zero attached hydrogens (tertiary/aromatic N) is 2. The number of halogens is 1. The van der Waals surface area contributed by atoms with Crippen molar-refractivity contribution < 1.29 is 28.7 Å². The molecule has 3 aromatic carbocycles. The van der Waals surface area contributed by atoms with E-state index in [0.717, 1.165) is 4.90 Å². The quantitative estimate of drug-likeness (QED) is 0.494. The lowest BCUT2D eigenvalue weighted by molar-refractivity contribution is -0.121. The van der Waals surface area contributed by atoms with E-state index in [1.807, 2.05) is 0 Å². The molecule has 0 spiro atoms. The first-order valence-electron chi connectivity index (χ1n) is 11.1. The number of nitrogens with one attached hydrogen (secondary N) is 1. The molecule has 0 aliphatic carbocycles. The number of imide groups is 1. The number of anilines is 2. The Bertz CT molecular complexity index is 1340. The fraction of sp³-hybridized carbons (Fsp3) is 0.154. The molecule has 2 heterocycles. The standard InChI is InChI=1S/C26H20ClN3O6/c27-16-5-8-18(9-6-16)35-12-11-29-21-13-17(7-10-22(21)36-15-24(29)32)28-23(31)14-30-25(33)19-3-1-2-4-20(19)26(30)34/h1-10,13H,11-12,14-15H2,(H,28,31). The Labute approximate surface area is 211 Å². The van der Waals surface area contributed by atoms with Crippen molar-refractivity contribution in [2.24, 2.45) is 0 Å². The number of hydrogen-bond donors (Lipinski definition) is 1. The highest BCUT2D eigenvalue weighted by molar-refractivity contribution is 6.30. The maximum atomic E-state index is 12.7. The van der Waals surface area contributed by atoms with Crippen LogP contribution in [0.3, 0.4) is 0 Å². The molecule has 0 radical (unpaired) electrons. The van der Waals surface area contributed by atoms with Crippen LogP contribution in [0, 0.1) is 0 Å². The van der Waals surface area contributed by atoms with Gasteiger partial charge in [0.15, 0.2) is 6.61 Å². The van der Waals surface area contributed by atoms with Gasteiger partial charge in [0.1, 0.15) is 24.7 Å². The molecule has 4 amide bonds. The van der Waals surface area contributed by atoms with Crippen molar-refractivity contribution in [1.29, 1.82) is 0 Å². The highest BCUT2D eigenvalue weighted by Crippen LogP contribution is 2.34. The molecule has 0 atom stereocenters. The number of rotatable bonds is 7. The zero-order chi connectivity index (χ0) is 25.2. The van der Waals surface area contributed by atoms with Gasteiger partial charge in [0.05, 0.1) is 23.4 Å². The molecule has 0 bridgehead atoms. The Morgan fingerprint density at radius 3 is 2.33 bits per heavy atom. The lowest BCUT2D eigenvalue weighted by Crippen LogP contribution is -2.41. The SMILES string of the molecule is O=C(CN1C(=O)c2ccccc2C1=O)Nc1ccc2c(c1)N(CCOc1ccc(Cl)cc1)C(=O)CO2. The Kier molecular flexibility index (Phi) is 6.30. The van der Waals surface area contributed by atoms with Gasteiger partial charge in [-0.05, 0) is 54.6 Å². The van der Waals surface area contributed by atoms with Crippen LogP contribution in [0.2, 0.25) is 5.02 Å². The maximum Gasteiger partial charge on any atom is 0.265 e. The molecule has 0 saturated carbocycles. The van der Waals surface area contributed by atoms with E-state index in [9.17, 15) is 19.2 Å². The average molecular weight is 506 g/mol. The molecule has 10 heteroatoms. The van der Waals surface area contributed by atoms with Crippen LogP contribution in [-0.4, -0.2) is 54.8 Å². The highest BCUT2D eigenvalue weighted by atomic mass is 35.5. The third-order valence-electron chi connectivity index (χ3n) is 5.76. The summed E-state index contributed by atoms with van der Waals surface area (Å²) >= 11 is 5.89. The number of ether oxygens (including phenoxy) is 2. The second-order valence-corrected chi connectivity index (χ2v) is 8.55. The Hall–Kier alpha value is -4.37. The summed E-state index contributed by atoms with van der Waals surface area (Å²) in [6.07, 6.45) is 0. The monoisotopic (exact) mass is 505 g/mol. The molecule has 0 saturated heterocycles. The molecule has 2 aliphatic heterocycles. The van der Waals surface area contributed by atoms with Crippen molar-refractivity contribution in [3.05, 3.63) is 82.9 Å². The molecule has 0 fully saturated rings. The maximum absolute atomic E-state index is 12.7. The van der Waals surface area contributed by atoms with Crippen molar-refractivity contribution in [3.63, 3.8) is 0 Å². The molecule has 36 heavy (non-hydrogen) atoms. The van der Waals surface area contributed by atoms with E-state index in [0.29, 0.717) is 27.9 Å². The predicted molar refractivity (Wildman–Crippen MR) is 132 cm³/mol. The van der Waals surface area contributed by atoms with Crippen LogP contribution in [0.1, 0.15) is 20.7 Å². The van der Waals surface area contributed by atoms with Crippen LogP contribution in [0.5, 0.6) is 11.5 Å². The van der Waals surface area contributed by atoms with E-state index in [2.05, 4.69) is 5.32 Å². The molecular formula is C26H20ClN3O6. The van der Waals surface area contributed by atoms with Crippen LogP contribution in [0.4, 0.5) is 11.4 Å². The van der Waals surface area contributed by atoms with Gasteiger partial charge in [-0.2, -0.15) is 0 Å². The zero-order valence-corrected chi connectivity index (χ0v) is 19.7. The molecule has 182 valence electrons. The van der Waals surface area contributed by atoms with Crippen molar-refractivity contribution in [2.75, 3.05) is 36.5 Å². The van der Waals surface area contributed by atoms with Gasteiger partial charge >= 0.3 is 0 Å². The van der Waals surface area contributed by atoms with Gasteiger partial charge in [-0.3, -0.25) is 24.1 Å². The molecule has 5 rings (SSSR count). The lowest BCUT2D eigenvalue weighted by atomic mass is 10.1. The van der Waals surface area contributed by atoms with Crippen LogP contribution >= 0.6 is 11.6 Å². The second-order valence-electron chi connectivity index (χ2n) is 8.11. The first kappa shape index (κ1) is 23.4. The fourth-order valence-corrected chi connectivity index (χ4v) is 4.16. The summed E-state index contributed by atoms with van der Waals surface area (Å²) < 4.78 is 11.2. The number of carbonyl (C=O) groups is 4. The van der Waals surface area contributed by atoms with Crippen molar-refractivity contribution in [3.8, 4) is 11.5 Å². The minimum atomic E-state index is -0.551. The Morgan fingerprint density at radius 2 is 1.64 bits per heavy atom. The fourth-order valence-electron chi connectivity index (χ4n) is 4.04. The van der Waals surface area contributed by atoms with Gasteiger partial charge in [-0.15, -0.1) is 0 Å². The molecule has 2 aliphatic rings. The first-order chi connectivity index (χ1) is 17.4. The van der Waals surface area contributed by atoms with E-state index in [4.69, 9.17) is 21.1 Å². The highest BCUT2D eigenvalue weighted by Gasteiger charge is 2.36. The topological polar surface area (TPSA) is 105 Å². The summed E-state index contributed by atoms with van der Waals surface area (Å²) in [5, 5.41) is 3.28. The van der Waals surface area contributed by atoms with Crippen LogP contribution in [0.25, 0.3) is 0 Å². The molecule has 3 aromatic rings. The molecule has 0 unspecified atom stereocenters. The van der Waals surface area contributed by atoms with E-state index < -0.39 is 24.3 Å². The van der Waals surface area contributed by atoms with E-state index >= 15 is 0 Å². The summed E-state index contributed by atoms with van der Waals surface area (Å²) in [5.41, 5.74) is 1.41. The van der Waals surface area contributed by atoms with E-state index in [1.165, 1.54) is 4.90 Å². The number of hydrogen-bond acceptors (Lipinski definition) is 6. The van der Waals surface area contributed by atoms with Gasteiger partial charge in [0, 0.05) is 10.7 Å². The summed E-state index contributed by atoms with van der Waals surface area (Å²) in [7, 11) is 0. The van der Waals surface area contributed by atoms with Gasteiger partial charge in [0.25, 0.3) is 17.7 Å². The summed E-state index contributed by atoms with van der Waals surface area (Å²) in [6, 6.07) is 18.2. The second kappa shape index (κ2) is 9.71. The minimum Gasteiger partial charge on any atom is -0.492 e. The number of amides is 4. The minimum absolute atomic E-state index is 0.112. The molecule has 1 N–H and O–H groups in total. The number of benzene rings is 3. The largest absolute Gasteiger partial charge is 0.492 e. The van der Waals surface area contributed by atoms with Gasteiger partial charge < -0.3 is 19.7 Å². The molecule has 9 nitrogen and oxygen atoms in total. The third-order valence-corrected chi connectivity index (χ3v) is 6.01. The summed E-state index contributed by atoms with van der Waals surface area (Å²) in [5.74, 6) is -0.722. The van der Waals surface area contributed by atoms with Crippen LogP contribution in [-0.2, 0) is 9.59 Å². The lowest BCUT2D eigenvalue weighted by Gasteiger charge is -2.29. The van der Waals surface area contributed by atoms with Crippen molar-refractivity contribution in [1.82, 2.24) is 4.90 Å². The summed E-state index contributed by atoms with van der Waals surface area (Å²) in [6.45, 7) is -0.0652. The smallest absolute Gasteiger partial charge is 0.265 e. The first-order valence-corrected chi connectivity index (χ1v) is 11.5. The van der Waals surface area contributed by atoms with Crippen LogP contribution in [0.15, 0.2) is 66.7 Å². The van der Waals surface area contributed by atoms with Gasteiger partial charge in [-0.1, -0.05) is 23.7 Å². The third kappa shape index (κ3) is 4.60. The van der Waals surface area contributed by atoms with Crippen molar-refractivity contribution in [2.45, 2.75) is 0 Å². The normalized spacial score (nSPS) is 14.3. The van der Waals surface area contributed by atoms with Crippen molar-refractivity contribution >= 4 is 46.6 Å². The number of carbonyl (C=O) groups excluding carboxylic acids is 4.